The number of aliphatic hydroxyl groups is 7. The number of nitrogens with one attached hydrogen (secondary N) is 1. The van der Waals surface area contributed by atoms with E-state index in [0.29, 0.717) is 12.8 Å². The minimum absolute atomic E-state index is 0.259. The number of hydrogen-bond donors (Lipinski definition) is 9. The summed E-state index contributed by atoms with van der Waals surface area (Å²) >= 11 is 0. The number of unbranched alkanes of at least 4 members (excludes halogenated alkanes) is 16. The Kier molecular flexibility index (Phi) is 30.9. The van der Waals surface area contributed by atoms with Gasteiger partial charge in [0.25, 0.3) is 0 Å². The lowest BCUT2D eigenvalue weighted by Crippen LogP contribution is -2.64. The second-order valence-electron chi connectivity index (χ2n) is 15.4. The molecule has 8 atom stereocenters. The van der Waals surface area contributed by atoms with Crippen LogP contribution in [-0.2, 0) is 18.4 Å². The molecule has 13 nitrogen and oxygen atoms in total. The molecule has 1 fully saturated rings. The van der Waals surface area contributed by atoms with E-state index in [4.69, 9.17) is 9.05 Å². The maximum Gasteiger partial charge on any atom is 0.472 e. The number of phosphoric ester groups is 1. The molecule has 57 heavy (non-hydrogen) atoms. The van der Waals surface area contributed by atoms with Gasteiger partial charge in [-0.1, -0.05) is 140 Å². The van der Waals surface area contributed by atoms with Crippen molar-refractivity contribution in [2.75, 3.05) is 6.61 Å². The maximum absolute atomic E-state index is 12.9. The summed E-state index contributed by atoms with van der Waals surface area (Å²) in [7, 11) is -5.14. The molecule has 1 saturated carbocycles. The first-order chi connectivity index (χ1) is 27.3. The number of carbonyl (C=O) groups excluding carboxylic acids is 1. The van der Waals surface area contributed by atoms with Crippen LogP contribution in [0, 0.1) is 0 Å². The Hall–Kier alpha value is -1.74. The molecule has 1 amide bonds. The second-order valence-corrected chi connectivity index (χ2v) is 16.8. The summed E-state index contributed by atoms with van der Waals surface area (Å²) in [6.45, 7) is 3.63. The molecule has 0 saturated heterocycles. The first-order valence-corrected chi connectivity index (χ1v) is 23.2. The average molecular weight is 832 g/mol. The largest absolute Gasteiger partial charge is 0.472 e. The maximum atomic E-state index is 12.9. The van der Waals surface area contributed by atoms with E-state index in [1.54, 1.807) is 6.08 Å². The van der Waals surface area contributed by atoms with Crippen molar-refractivity contribution >= 4 is 13.7 Å². The predicted molar refractivity (Wildman–Crippen MR) is 224 cm³/mol. The number of carbonyl (C=O) groups is 1. The van der Waals surface area contributed by atoms with Crippen LogP contribution in [0.25, 0.3) is 0 Å². The van der Waals surface area contributed by atoms with Crippen molar-refractivity contribution in [2.24, 2.45) is 0 Å². The third-order valence-electron chi connectivity index (χ3n) is 10.2. The normalized spacial score (nSPS) is 24.5. The lowest BCUT2D eigenvalue weighted by molar-refractivity contribution is -0.220. The van der Waals surface area contributed by atoms with E-state index in [1.165, 1.54) is 70.3 Å². The molecule has 332 valence electrons. The minimum Gasteiger partial charge on any atom is -0.393 e. The summed E-state index contributed by atoms with van der Waals surface area (Å²) < 4.78 is 22.7. The third kappa shape index (κ3) is 25.5. The number of hydrogen-bond acceptors (Lipinski definition) is 11. The first-order valence-electron chi connectivity index (χ1n) is 21.7. The fourth-order valence-electron chi connectivity index (χ4n) is 6.54. The van der Waals surface area contributed by atoms with Crippen LogP contribution in [0.3, 0.4) is 0 Å². The van der Waals surface area contributed by atoms with Gasteiger partial charge < -0.3 is 46.0 Å². The lowest BCUT2D eigenvalue weighted by Gasteiger charge is -2.41. The van der Waals surface area contributed by atoms with Crippen LogP contribution in [0.1, 0.15) is 155 Å². The van der Waals surface area contributed by atoms with Gasteiger partial charge in [-0.25, -0.2) is 4.57 Å². The molecule has 9 N–H and O–H groups in total. The molecule has 0 heterocycles. The molecule has 0 radical (unpaired) electrons. The summed E-state index contributed by atoms with van der Waals surface area (Å²) in [5, 5.41) is 74.2. The van der Waals surface area contributed by atoms with Gasteiger partial charge in [0.15, 0.2) is 0 Å². The fraction of sp³-hybridized carbons (Fsp3) is 0.791. The summed E-state index contributed by atoms with van der Waals surface area (Å²) in [6.07, 6.45) is 23.6. The Morgan fingerprint density at radius 1 is 0.632 bits per heavy atom. The standard InChI is InChI=1S/C43H78NO12P/c1-3-5-7-9-11-13-15-16-17-18-19-20-21-22-24-26-28-30-34(45)32-37(47)44-35(36(46)31-29-27-25-23-14-12-10-8-6-4-2)33-55-57(53,54)56-43-41(51)39(49)38(48)40(50)42(43)52/h11,13-16,23,29,31,34-36,38-43,45-46,48-52H,3-10,12,17-22,24-28,30,32-33H2,1-2H3,(H,44,47)(H,53,54)/b13-11-,16-15-,23-14+,31-29+. The van der Waals surface area contributed by atoms with Crippen molar-refractivity contribution in [1.29, 1.82) is 0 Å². The molecule has 1 aliphatic carbocycles. The molecule has 0 spiro atoms. The van der Waals surface area contributed by atoms with Gasteiger partial charge in [-0.15, -0.1) is 0 Å². The average Bonchev–Trinajstić information content (AvgIpc) is 3.18. The van der Waals surface area contributed by atoms with E-state index in [-0.39, 0.29) is 6.42 Å². The number of allylic oxidation sites excluding steroid dienone is 7. The molecule has 8 unspecified atom stereocenters. The molecule has 14 heteroatoms. The van der Waals surface area contributed by atoms with Crippen LogP contribution in [0.15, 0.2) is 48.6 Å². The Labute approximate surface area is 342 Å². The van der Waals surface area contributed by atoms with E-state index in [9.17, 15) is 50.0 Å². The van der Waals surface area contributed by atoms with Crippen molar-refractivity contribution in [1.82, 2.24) is 5.32 Å². The Balaban J connectivity index is 2.56. The Bertz CT molecular complexity index is 1170. The van der Waals surface area contributed by atoms with E-state index in [0.717, 1.165) is 57.8 Å². The van der Waals surface area contributed by atoms with E-state index in [2.05, 4.69) is 55.6 Å². The second kappa shape index (κ2) is 33.0. The summed E-state index contributed by atoms with van der Waals surface area (Å²) in [5.74, 6) is -0.612. The number of phosphoric acid groups is 1. The number of amides is 1. The van der Waals surface area contributed by atoms with E-state index >= 15 is 0 Å². The van der Waals surface area contributed by atoms with Gasteiger partial charge >= 0.3 is 7.82 Å². The summed E-state index contributed by atoms with van der Waals surface area (Å²) in [6, 6.07) is -1.26. The first kappa shape index (κ1) is 53.3. The molecule has 0 aromatic rings. The van der Waals surface area contributed by atoms with Crippen LogP contribution in [0.4, 0.5) is 0 Å². The smallest absolute Gasteiger partial charge is 0.393 e. The number of rotatable bonds is 34. The van der Waals surface area contributed by atoms with Gasteiger partial charge in [0.1, 0.15) is 36.6 Å². The van der Waals surface area contributed by atoms with Gasteiger partial charge in [-0.3, -0.25) is 13.8 Å². The molecular formula is C43H78NO12P. The monoisotopic (exact) mass is 832 g/mol. The topological polar surface area (TPSA) is 226 Å². The van der Waals surface area contributed by atoms with Crippen molar-refractivity contribution in [3.8, 4) is 0 Å². The predicted octanol–water partition coefficient (Wildman–Crippen LogP) is 6.36. The van der Waals surface area contributed by atoms with Crippen LogP contribution in [0.2, 0.25) is 0 Å². The highest BCUT2D eigenvalue weighted by Gasteiger charge is 2.51. The van der Waals surface area contributed by atoms with E-state index in [1.807, 2.05) is 0 Å². The van der Waals surface area contributed by atoms with Crippen LogP contribution >= 0.6 is 7.82 Å². The molecular weight excluding hydrogens is 753 g/mol. The fourth-order valence-corrected chi connectivity index (χ4v) is 7.51. The molecule has 0 bridgehead atoms. The highest BCUT2D eigenvalue weighted by Crippen LogP contribution is 2.47. The molecule has 0 aromatic carbocycles. The highest BCUT2D eigenvalue weighted by atomic mass is 31.2. The quantitative estimate of drug-likeness (QED) is 0.0150. The van der Waals surface area contributed by atoms with Crippen molar-refractivity contribution in [2.45, 2.75) is 210 Å². The van der Waals surface area contributed by atoms with Gasteiger partial charge in [0.05, 0.1) is 31.3 Å². The lowest BCUT2D eigenvalue weighted by atomic mass is 9.85. The highest BCUT2D eigenvalue weighted by molar-refractivity contribution is 7.47. The zero-order valence-corrected chi connectivity index (χ0v) is 35.6. The SMILES string of the molecule is CCCCC/C=C\C=C/CCCCCCCCCCC(O)CC(=O)NC(COP(=O)(O)OC1C(O)C(O)C(O)C(O)C1O)C(O)/C=C/CC/C=C/CCCCCC. The van der Waals surface area contributed by atoms with Crippen molar-refractivity contribution in [3.63, 3.8) is 0 Å². The Morgan fingerprint density at radius 3 is 1.68 bits per heavy atom. The minimum atomic E-state index is -5.14. The van der Waals surface area contributed by atoms with Gasteiger partial charge in [-0.2, -0.15) is 0 Å². The third-order valence-corrected chi connectivity index (χ3v) is 11.1. The van der Waals surface area contributed by atoms with Gasteiger partial charge in [0, 0.05) is 0 Å². The van der Waals surface area contributed by atoms with Crippen molar-refractivity contribution < 1.29 is 59.0 Å². The zero-order valence-electron chi connectivity index (χ0n) is 34.7. The number of aliphatic hydroxyl groups excluding tert-OH is 7. The molecule has 1 rings (SSSR count). The molecule has 1 aliphatic rings. The van der Waals surface area contributed by atoms with Crippen molar-refractivity contribution in [3.05, 3.63) is 48.6 Å². The summed E-state index contributed by atoms with van der Waals surface area (Å²) in [5.41, 5.74) is 0. The Morgan fingerprint density at radius 2 is 1.09 bits per heavy atom. The zero-order chi connectivity index (χ0) is 42.3. The van der Waals surface area contributed by atoms with Crippen LogP contribution < -0.4 is 5.32 Å². The van der Waals surface area contributed by atoms with Gasteiger partial charge in [-0.05, 0) is 57.8 Å². The van der Waals surface area contributed by atoms with Crippen LogP contribution in [-0.4, -0.2) is 108 Å². The summed E-state index contributed by atoms with van der Waals surface area (Å²) in [4.78, 5) is 23.3. The molecule has 0 aromatic heterocycles. The molecule has 0 aliphatic heterocycles. The van der Waals surface area contributed by atoms with Gasteiger partial charge in [0.2, 0.25) is 5.91 Å². The van der Waals surface area contributed by atoms with E-state index < -0.39 is 75.2 Å². The van der Waals surface area contributed by atoms with Crippen LogP contribution in [0.5, 0.6) is 0 Å².